The van der Waals surface area contributed by atoms with Gasteiger partial charge < -0.3 is 14.2 Å². The molecule has 3 heteroatoms. The van der Waals surface area contributed by atoms with E-state index in [2.05, 4.69) is 176 Å². The van der Waals surface area contributed by atoms with Gasteiger partial charge in [-0.3, -0.25) is 0 Å². The Labute approximate surface area is 296 Å². The smallest absolute Gasteiger partial charge is 0.137 e. The summed E-state index contributed by atoms with van der Waals surface area (Å²) in [7, 11) is 0. The molecule has 8 rings (SSSR count). The molecule has 50 heavy (non-hydrogen) atoms. The van der Waals surface area contributed by atoms with Gasteiger partial charge in [-0.05, 0) is 115 Å². The Hall–Kier alpha value is -5.54. The first-order valence-electron chi connectivity index (χ1n) is 18.1. The van der Waals surface area contributed by atoms with Gasteiger partial charge in [-0.2, -0.15) is 0 Å². The summed E-state index contributed by atoms with van der Waals surface area (Å²) in [5.41, 5.74) is 11.6. The van der Waals surface area contributed by atoms with E-state index in [0.29, 0.717) is 5.92 Å². The summed E-state index contributed by atoms with van der Waals surface area (Å²) in [4.78, 5) is 4.69. The Balaban J connectivity index is 1.21. The number of benzene rings is 6. The normalized spacial score (nSPS) is 17.5. The summed E-state index contributed by atoms with van der Waals surface area (Å²) in [6.45, 7) is 7.05. The average molecular weight is 653 g/mol. The molecule has 2 atom stereocenters. The molecular weight excluding hydrogens is 609 g/mol. The van der Waals surface area contributed by atoms with Crippen molar-refractivity contribution in [3.63, 3.8) is 0 Å². The zero-order valence-corrected chi connectivity index (χ0v) is 29.2. The molecule has 1 aliphatic carbocycles. The lowest BCUT2D eigenvalue weighted by atomic mass is 9.65. The Morgan fingerprint density at radius 1 is 0.560 bits per heavy atom. The van der Waals surface area contributed by atoms with Crippen LogP contribution in [0, 0.1) is 5.92 Å². The number of allylic oxidation sites excluding steroid dienone is 2. The largest absolute Gasteiger partial charge is 0.456 e. The van der Waals surface area contributed by atoms with Gasteiger partial charge in [0.2, 0.25) is 0 Å². The van der Waals surface area contributed by atoms with Crippen molar-refractivity contribution in [2.75, 3.05) is 9.80 Å². The fraction of sp³-hybridized carbons (Fsp3) is 0.191. The van der Waals surface area contributed by atoms with Crippen LogP contribution < -0.4 is 9.80 Å². The molecule has 1 heterocycles. The van der Waals surface area contributed by atoms with Crippen LogP contribution in [0.15, 0.2) is 168 Å². The second-order valence-electron chi connectivity index (χ2n) is 13.9. The van der Waals surface area contributed by atoms with Gasteiger partial charge in [-0.15, -0.1) is 0 Å². The molecule has 1 aliphatic rings. The monoisotopic (exact) mass is 652 g/mol. The SMILES string of the molecule is CCC1=CC(C)CC(CC)(c2ccc(N(c3ccccc3)c3cccc(N(c4ccccc4)c4ccc5c(c4)oc4ccccc45)c3)cc2)C1. The van der Waals surface area contributed by atoms with Crippen LogP contribution in [0.25, 0.3) is 21.9 Å². The van der Waals surface area contributed by atoms with E-state index in [0.717, 1.165) is 75.3 Å². The molecule has 0 fully saturated rings. The lowest BCUT2D eigenvalue weighted by molar-refractivity contribution is 0.316. The van der Waals surface area contributed by atoms with Crippen molar-refractivity contribution in [3.8, 4) is 0 Å². The Morgan fingerprint density at radius 3 is 1.76 bits per heavy atom. The molecule has 0 saturated heterocycles. The van der Waals surface area contributed by atoms with Gasteiger partial charge in [0, 0.05) is 51.0 Å². The van der Waals surface area contributed by atoms with Crippen LogP contribution in [-0.4, -0.2) is 0 Å². The first-order valence-corrected chi connectivity index (χ1v) is 18.1. The number of furan rings is 1. The molecule has 0 spiro atoms. The van der Waals surface area contributed by atoms with Crippen molar-refractivity contribution in [2.24, 2.45) is 5.92 Å². The molecule has 0 aliphatic heterocycles. The number of anilines is 6. The zero-order chi connectivity index (χ0) is 34.1. The van der Waals surface area contributed by atoms with E-state index in [-0.39, 0.29) is 5.41 Å². The molecule has 0 bridgehead atoms. The van der Waals surface area contributed by atoms with Crippen molar-refractivity contribution in [1.82, 2.24) is 0 Å². The number of para-hydroxylation sites is 3. The Morgan fingerprint density at radius 2 is 1.10 bits per heavy atom. The number of fused-ring (bicyclic) bond motifs is 3. The Kier molecular flexibility index (Phi) is 8.50. The van der Waals surface area contributed by atoms with E-state index < -0.39 is 0 Å². The summed E-state index contributed by atoms with van der Waals surface area (Å²) >= 11 is 0. The Bertz CT molecular complexity index is 2270. The minimum Gasteiger partial charge on any atom is -0.456 e. The van der Waals surface area contributed by atoms with E-state index in [1.807, 2.05) is 12.1 Å². The van der Waals surface area contributed by atoms with E-state index in [9.17, 15) is 0 Å². The second kappa shape index (κ2) is 13.4. The highest BCUT2D eigenvalue weighted by molar-refractivity contribution is 6.06. The predicted octanol–water partition coefficient (Wildman–Crippen LogP) is 13.9. The maximum absolute atomic E-state index is 6.34. The van der Waals surface area contributed by atoms with E-state index >= 15 is 0 Å². The third-order valence-corrected chi connectivity index (χ3v) is 10.7. The average Bonchev–Trinajstić information content (AvgIpc) is 3.54. The zero-order valence-electron chi connectivity index (χ0n) is 29.2. The molecular formula is C47H44N2O. The standard InChI is InChI=1S/C47H44N2O/c1-4-35-29-34(3)32-47(5-2,33-35)36-23-25-39(26-24-36)48(37-15-8-6-9-16-37)40-19-14-20-41(30-40)49(38-17-10-7-11-18-38)42-27-28-44-43-21-12-13-22-45(43)50-46(44)31-42/h6-31,34H,4-5,32-33H2,1-3H3. The van der Waals surface area contributed by atoms with Gasteiger partial charge in [0.1, 0.15) is 11.2 Å². The van der Waals surface area contributed by atoms with Crippen molar-refractivity contribution in [3.05, 3.63) is 169 Å². The van der Waals surface area contributed by atoms with Crippen LogP contribution in [0.1, 0.15) is 52.0 Å². The maximum atomic E-state index is 6.34. The molecule has 0 saturated carbocycles. The highest BCUT2D eigenvalue weighted by atomic mass is 16.3. The minimum absolute atomic E-state index is 0.187. The van der Waals surface area contributed by atoms with Gasteiger partial charge in [0.25, 0.3) is 0 Å². The summed E-state index contributed by atoms with van der Waals surface area (Å²) in [5, 5.41) is 2.26. The highest BCUT2D eigenvalue weighted by Crippen LogP contribution is 2.46. The summed E-state index contributed by atoms with van der Waals surface area (Å²) in [6, 6.07) is 54.4. The molecule has 248 valence electrons. The quantitative estimate of drug-likeness (QED) is 0.145. The summed E-state index contributed by atoms with van der Waals surface area (Å²) in [6.07, 6.45) is 7.15. The maximum Gasteiger partial charge on any atom is 0.137 e. The molecule has 3 nitrogen and oxygen atoms in total. The third-order valence-electron chi connectivity index (χ3n) is 10.7. The van der Waals surface area contributed by atoms with Gasteiger partial charge in [-0.1, -0.05) is 105 Å². The fourth-order valence-electron chi connectivity index (χ4n) is 8.22. The van der Waals surface area contributed by atoms with Gasteiger partial charge in [-0.25, -0.2) is 0 Å². The van der Waals surface area contributed by atoms with Crippen LogP contribution in [0.3, 0.4) is 0 Å². The number of rotatable bonds is 9. The van der Waals surface area contributed by atoms with Crippen molar-refractivity contribution >= 4 is 56.1 Å². The minimum atomic E-state index is 0.187. The van der Waals surface area contributed by atoms with E-state index in [1.54, 1.807) is 5.57 Å². The second-order valence-corrected chi connectivity index (χ2v) is 13.9. The van der Waals surface area contributed by atoms with Gasteiger partial charge >= 0.3 is 0 Å². The number of hydrogen-bond donors (Lipinski definition) is 0. The molecule has 0 radical (unpaired) electrons. The lowest BCUT2D eigenvalue weighted by Crippen LogP contribution is -2.31. The number of hydrogen-bond acceptors (Lipinski definition) is 3. The van der Waals surface area contributed by atoms with Crippen LogP contribution in [0.5, 0.6) is 0 Å². The topological polar surface area (TPSA) is 19.6 Å². The van der Waals surface area contributed by atoms with Crippen LogP contribution in [-0.2, 0) is 5.41 Å². The molecule has 1 aromatic heterocycles. The highest BCUT2D eigenvalue weighted by Gasteiger charge is 2.35. The molecule has 6 aromatic carbocycles. The van der Waals surface area contributed by atoms with Crippen molar-refractivity contribution in [2.45, 2.75) is 51.9 Å². The number of nitrogens with zero attached hydrogens (tertiary/aromatic N) is 2. The van der Waals surface area contributed by atoms with Gasteiger partial charge in [0.05, 0.1) is 0 Å². The lowest BCUT2D eigenvalue weighted by Gasteiger charge is -2.40. The molecule has 2 unspecified atom stereocenters. The van der Waals surface area contributed by atoms with Crippen LogP contribution >= 0.6 is 0 Å². The first kappa shape index (κ1) is 31.7. The third kappa shape index (κ3) is 5.87. The van der Waals surface area contributed by atoms with Crippen LogP contribution in [0.4, 0.5) is 34.1 Å². The van der Waals surface area contributed by atoms with E-state index in [4.69, 9.17) is 4.42 Å². The van der Waals surface area contributed by atoms with Crippen molar-refractivity contribution in [1.29, 1.82) is 0 Å². The predicted molar refractivity (Wildman–Crippen MR) is 212 cm³/mol. The fourth-order valence-corrected chi connectivity index (χ4v) is 8.22. The van der Waals surface area contributed by atoms with E-state index in [1.165, 1.54) is 12.0 Å². The summed E-state index contributed by atoms with van der Waals surface area (Å²) < 4.78 is 6.34. The van der Waals surface area contributed by atoms with Crippen LogP contribution in [0.2, 0.25) is 0 Å². The first-order chi connectivity index (χ1) is 24.5. The summed E-state index contributed by atoms with van der Waals surface area (Å²) in [5.74, 6) is 0.599. The molecule has 0 amide bonds. The van der Waals surface area contributed by atoms with Crippen molar-refractivity contribution < 1.29 is 4.42 Å². The van der Waals surface area contributed by atoms with Gasteiger partial charge in [0.15, 0.2) is 0 Å². The molecule has 7 aromatic rings. The molecule has 0 N–H and O–H groups in total.